The van der Waals surface area contributed by atoms with Crippen LogP contribution < -0.4 is 10.2 Å². The van der Waals surface area contributed by atoms with E-state index in [-0.39, 0.29) is 30.7 Å². The van der Waals surface area contributed by atoms with Crippen LogP contribution >= 0.6 is 23.2 Å². The summed E-state index contributed by atoms with van der Waals surface area (Å²) < 4.78 is 0. The third-order valence-electron chi connectivity index (χ3n) is 6.61. The van der Waals surface area contributed by atoms with E-state index in [0.717, 1.165) is 22.0 Å². The molecule has 0 bridgehead atoms. The Morgan fingerprint density at radius 3 is 2.43 bits per heavy atom. The molecule has 1 atom stereocenters. The topological polar surface area (TPSA) is 69.7 Å². The van der Waals surface area contributed by atoms with Crippen molar-refractivity contribution in [3.8, 4) is 0 Å². The maximum Gasteiger partial charge on any atom is 0.258 e. The minimum absolute atomic E-state index is 0.0478. The zero-order valence-corrected chi connectivity index (χ0v) is 22.8. The molecule has 1 aliphatic rings. The van der Waals surface area contributed by atoms with E-state index in [9.17, 15) is 14.4 Å². The lowest BCUT2D eigenvalue weighted by atomic mass is 10.1. The molecule has 8 heteroatoms. The summed E-state index contributed by atoms with van der Waals surface area (Å²) >= 11 is 12.3. The Morgan fingerprint density at radius 2 is 1.73 bits per heavy atom. The number of benzene rings is 3. The summed E-state index contributed by atoms with van der Waals surface area (Å²) in [5.74, 6) is -0.130. The van der Waals surface area contributed by atoms with Gasteiger partial charge in [-0.25, -0.2) is 0 Å². The number of rotatable bonds is 10. The first-order chi connectivity index (χ1) is 17.7. The van der Waals surface area contributed by atoms with Gasteiger partial charge in [0.25, 0.3) is 5.91 Å². The Balaban J connectivity index is 1.46. The van der Waals surface area contributed by atoms with Gasteiger partial charge in [0.05, 0.1) is 15.7 Å². The van der Waals surface area contributed by atoms with Gasteiger partial charge >= 0.3 is 0 Å². The molecule has 1 N–H and O–H groups in total. The predicted molar refractivity (Wildman–Crippen MR) is 149 cm³/mol. The number of hydrogen-bond acceptors (Lipinski definition) is 3. The van der Waals surface area contributed by atoms with E-state index in [4.69, 9.17) is 23.2 Å². The van der Waals surface area contributed by atoms with Gasteiger partial charge in [-0.2, -0.15) is 0 Å². The van der Waals surface area contributed by atoms with Gasteiger partial charge in [0, 0.05) is 37.0 Å². The molecule has 0 radical (unpaired) electrons. The first-order valence-corrected chi connectivity index (χ1v) is 13.3. The highest BCUT2D eigenvalue weighted by Crippen LogP contribution is 2.37. The van der Waals surface area contributed by atoms with Crippen molar-refractivity contribution in [2.24, 2.45) is 5.92 Å². The third-order valence-corrected chi connectivity index (χ3v) is 7.35. The van der Waals surface area contributed by atoms with Crippen LogP contribution in [0.5, 0.6) is 0 Å². The molecule has 0 unspecified atom stereocenters. The summed E-state index contributed by atoms with van der Waals surface area (Å²) in [5.41, 5.74) is 2.35. The normalized spacial score (nSPS) is 13.4. The second kappa shape index (κ2) is 11.5. The molecule has 3 aromatic carbocycles. The van der Waals surface area contributed by atoms with Gasteiger partial charge in [-0.05, 0) is 54.5 Å². The molecule has 3 aromatic rings. The van der Waals surface area contributed by atoms with E-state index < -0.39 is 6.04 Å². The van der Waals surface area contributed by atoms with Gasteiger partial charge in [0.2, 0.25) is 11.8 Å². The number of carbonyl (C=O) groups excluding carboxylic acids is 3. The second-order valence-corrected chi connectivity index (χ2v) is 10.6. The van der Waals surface area contributed by atoms with E-state index in [1.807, 2.05) is 50.2 Å². The fourth-order valence-corrected chi connectivity index (χ4v) is 4.92. The Bertz CT molecular complexity index is 1340. The van der Waals surface area contributed by atoms with Crippen LogP contribution in [0.25, 0.3) is 10.8 Å². The number of nitrogens with one attached hydrogen (secondary N) is 1. The molecule has 4 rings (SSSR count). The Hall–Kier alpha value is -3.09. The van der Waals surface area contributed by atoms with Crippen LogP contribution in [0.1, 0.15) is 49.5 Å². The molecule has 0 saturated carbocycles. The van der Waals surface area contributed by atoms with E-state index in [0.29, 0.717) is 41.0 Å². The van der Waals surface area contributed by atoms with Crippen molar-refractivity contribution < 1.29 is 14.4 Å². The smallest absolute Gasteiger partial charge is 0.258 e. The van der Waals surface area contributed by atoms with Crippen LogP contribution in [0.15, 0.2) is 54.6 Å². The van der Waals surface area contributed by atoms with Gasteiger partial charge in [0.1, 0.15) is 6.04 Å². The number of nitrogens with zero attached hydrogens (tertiary/aromatic N) is 2. The second-order valence-electron chi connectivity index (χ2n) is 9.83. The molecule has 3 amide bonds. The van der Waals surface area contributed by atoms with Gasteiger partial charge in [-0.15, -0.1) is 0 Å². The van der Waals surface area contributed by atoms with E-state index in [2.05, 4.69) is 5.32 Å². The van der Waals surface area contributed by atoms with Crippen LogP contribution in [0.4, 0.5) is 5.69 Å². The molecule has 0 aliphatic carbocycles. The monoisotopic (exact) mass is 539 g/mol. The van der Waals surface area contributed by atoms with Crippen LogP contribution in [0.2, 0.25) is 10.0 Å². The average Bonchev–Trinajstić information content (AvgIpc) is 3.15. The quantitative estimate of drug-likeness (QED) is 0.339. The standard InChI is InChI=1S/C29H31Cl2N3O3/c1-18(2)16-32-28(36)19(3)34(17-20-12-13-23(30)24(31)15-20)26(35)11-6-14-33-25-10-5-8-21-7-4-9-22(27(21)25)29(33)37/h4-5,7-10,12-13,15,18-19H,6,11,14,16-17H2,1-3H3,(H,32,36)/t19-/m0/s1. The summed E-state index contributed by atoms with van der Waals surface area (Å²) in [5, 5.41) is 5.72. The van der Waals surface area contributed by atoms with Gasteiger partial charge < -0.3 is 15.1 Å². The number of halogens is 2. The largest absolute Gasteiger partial charge is 0.354 e. The lowest BCUT2D eigenvalue weighted by Gasteiger charge is -2.29. The van der Waals surface area contributed by atoms with Crippen LogP contribution in [0.3, 0.4) is 0 Å². The molecule has 0 saturated heterocycles. The van der Waals surface area contributed by atoms with Crippen molar-refractivity contribution in [1.29, 1.82) is 0 Å². The van der Waals surface area contributed by atoms with Crippen molar-refractivity contribution in [2.45, 2.75) is 46.2 Å². The maximum absolute atomic E-state index is 13.4. The molecule has 37 heavy (non-hydrogen) atoms. The molecule has 1 aliphatic heterocycles. The SMILES string of the molecule is CC(C)CNC(=O)[C@H](C)N(Cc1ccc(Cl)c(Cl)c1)C(=O)CCCN1C(=O)c2cccc3cccc1c23. The zero-order chi connectivity index (χ0) is 26.7. The van der Waals surface area contributed by atoms with E-state index in [1.165, 1.54) is 0 Å². The van der Waals surface area contributed by atoms with Crippen molar-refractivity contribution in [1.82, 2.24) is 10.2 Å². The fraction of sp³-hybridized carbons (Fsp3) is 0.345. The lowest BCUT2D eigenvalue weighted by Crippen LogP contribution is -2.48. The summed E-state index contributed by atoms with van der Waals surface area (Å²) in [4.78, 5) is 42.7. The van der Waals surface area contributed by atoms with Crippen LogP contribution in [-0.2, 0) is 16.1 Å². The minimum atomic E-state index is -0.674. The molecule has 194 valence electrons. The Labute approximate surface area is 227 Å². The Morgan fingerprint density at radius 1 is 1.00 bits per heavy atom. The number of amides is 3. The van der Waals surface area contributed by atoms with Gasteiger partial charge in [-0.3, -0.25) is 14.4 Å². The third kappa shape index (κ3) is 5.91. The van der Waals surface area contributed by atoms with E-state index >= 15 is 0 Å². The zero-order valence-electron chi connectivity index (χ0n) is 21.3. The predicted octanol–water partition coefficient (Wildman–Crippen LogP) is 6.08. The lowest BCUT2D eigenvalue weighted by molar-refractivity contribution is -0.140. The highest BCUT2D eigenvalue weighted by molar-refractivity contribution is 6.42. The minimum Gasteiger partial charge on any atom is -0.354 e. The molecule has 0 fully saturated rings. The first kappa shape index (κ1) is 27.0. The van der Waals surface area contributed by atoms with Gasteiger partial charge in [-0.1, -0.05) is 67.4 Å². The number of hydrogen-bond donors (Lipinski definition) is 1. The van der Waals surface area contributed by atoms with Crippen molar-refractivity contribution in [2.75, 3.05) is 18.0 Å². The summed E-state index contributed by atoms with van der Waals surface area (Å²) in [7, 11) is 0. The average molecular weight is 540 g/mol. The van der Waals surface area contributed by atoms with Crippen molar-refractivity contribution in [3.63, 3.8) is 0 Å². The first-order valence-electron chi connectivity index (χ1n) is 12.5. The molecular formula is C29H31Cl2N3O3. The Kier molecular flexibility index (Phi) is 8.40. The van der Waals surface area contributed by atoms with Crippen molar-refractivity contribution >= 4 is 57.4 Å². The van der Waals surface area contributed by atoms with Gasteiger partial charge in [0.15, 0.2) is 0 Å². The summed E-state index contributed by atoms with van der Waals surface area (Å²) in [6.45, 7) is 6.92. The number of carbonyl (C=O) groups is 3. The highest BCUT2D eigenvalue weighted by atomic mass is 35.5. The summed E-state index contributed by atoms with van der Waals surface area (Å²) in [6, 6.07) is 16.1. The maximum atomic E-state index is 13.4. The highest BCUT2D eigenvalue weighted by Gasteiger charge is 2.30. The van der Waals surface area contributed by atoms with E-state index in [1.54, 1.807) is 34.9 Å². The molecular weight excluding hydrogens is 509 g/mol. The van der Waals surface area contributed by atoms with Crippen molar-refractivity contribution in [3.05, 3.63) is 75.8 Å². The summed E-state index contributed by atoms with van der Waals surface area (Å²) in [6.07, 6.45) is 0.659. The number of anilines is 1. The molecule has 0 aromatic heterocycles. The van der Waals surface area contributed by atoms with Crippen LogP contribution in [-0.4, -0.2) is 41.8 Å². The molecule has 6 nitrogen and oxygen atoms in total. The fourth-order valence-electron chi connectivity index (χ4n) is 4.60. The van der Waals surface area contributed by atoms with Crippen LogP contribution in [0, 0.1) is 5.92 Å². The molecule has 1 heterocycles. The molecule has 0 spiro atoms.